The Morgan fingerprint density at radius 1 is 1.27 bits per heavy atom. The molecule has 0 aliphatic carbocycles. The fourth-order valence-electron chi connectivity index (χ4n) is 1.44. The molecule has 0 heterocycles. The van der Waals surface area contributed by atoms with Crippen molar-refractivity contribution in [3.05, 3.63) is 23.8 Å². The summed E-state index contributed by atoms with van der Waals surface area (Å²) in [6.07, 6.45) is 1.90. The number of rotatable bonds is 5. The lowest BCUT2D eigenvalue weighted by molar-refractivity contribution is 0.390. The molecule has 84 valence electrons. The number of methoxy groups -OCH3 is 2. The lowest BCUT2D eigenvalue weighted by Crippen LogP contribution is -2.15. The molecule has 0 radical (unpaired) electrons. The Kier molecular flexibility index (Phi) is 4.43. The Hall–Kier alpha value is -1.22. The molecule has 2 N–H and O–H groups in total. The molecule has 0 unspecified atom stereocenters. The number of hydrogen-bond donors (Lipinski definition) is 1. The fraction of sp³-hybridized carbons (Fsp3) is 0.500. The first-order valence-electron chi connectivity index (χ1n) is 5.14. The third-order valence-electron chi connectivity index (χ3n) is 2.36. The molecule has 0 spiro atoms. The van der Waals surface area contributed by atoms with E-state index in [4.69, 9.17) is 15.2 Å². The number of hydrogen-bond acceptors (Lipinski definition) is 3. The minimum absolute atomic E-state index is 0.219. The number of aryl methyl sites for hydroxylation is 1. The summed E-state index contributed by atoms with van der Waals surface area (Å²) in [5.74, 6) is 1.69. The van der Waals surface area contributed by atoms with Gasteiger partial charge >= 0.3 is 0 Å². The topological polar surface area (TPSA) is 44.5 Å². The maximum absolute atomic E-state index is 5.72. The van der Waals surface area contributed by atoms with Crippen LogP contribution in [0, 0.1) is 0 Å². The van der Waals surface area contributed by atoms with Gasteiger partial charge in [0.15, 0.2) is 0 Å². The molecule has 0 aliphatic heterocycles. The molecule has 0 amide bonds. The zero-order valence-electron chi connectivity index (χ0n) is 9.62. The predicted molar refractivity (Wildman–Crippen MR) is 61.5 cm³/mol. The molecule has 3 nitrogen and oxygen atoms in total. The number of benzene rings is 1. The van der Waals surface area contributed by atoms with Gasteiger partial charge in [-0.3, -0.25) is 0 Å². The highest BCUT2D eigenvalue weighted by Gasteiger charge is 2.05. The van der Waals surface area contributed by atoms with E-state index in [1.807, 2.05) is 25.1 Å². The highest BCUT2D eigenvalue weighted by molar-refractivity contribution is 5.40. The fourth-order valence-corrected chi connectivity index (χ4v) is 1.44. The molecule has 0 saturated heterocycles. The molecule has 0 aliphatic rings. The van der Waals surface area contributed by atoms with Gasteiger partial charge < -0.3 is 15.2 Å². The Morgan fingerprint density at radius 2 is 2.00 bits per heavy atom. The van der Waals surface area contributed by atoms with Gasteiger partial charge in [-0.05, 0) is 31.4 Å². The van der Waals surface area contributed by atoms with E-state index < -0.39 is 0 Å². The highest BCUT2D eigenvalue weighted by atomic mass is 16.5. The van der Waals surface area contributed by atoms with Crippen LogP contribution >= 0.6 is 0 Å². The van der Waals surface area contributed by atoms with Gasteiger partial charge in [0.2, 0.25) is 0 Å². The third-order valence-corrected chi connectivity index (χ3v) is 2.36. The van der Waals surface area contributed by atoms with Crippen molar-refractivity contribution in [2.75, 3.05) is 14.2 Å². The second-order valence-electron chi connectivity index (χ2n) is 3.69. The van der Waals surface area contributed by atoms with Crippen molar-refractivity contribution in [2.45, 2.75) is 25.8 Å². The van der Waals surface area contributed by atoms with Crippen LogP contribution in [0.15, 0.2) is 18.2 Å². The number of ether oxygens (including phenoxy) is 2. The van der Waals surface area contributed by atoms with Gasteiger partial charge in [-0.15, -0.1) is 0 Å². The summed E-state index contributed by atoms with van der Waals surface area (Å²) in [4.78, 5) is 0. The van der Waals surface area contributed by atoms with E-state index in [1.54, 1.807) is 14.2 Å². The van der Waals surface area contributed by atoms with Crippen LogP contribution in [0.5, 0.6) is 11.5 Å². The Balaban J connectivity index is 2.78. The summed E-state index contributed by atoms with van der Waals surface area (Å²) < 4.78 is 10.4. The van der Waals surface area contributed by atoms with E-state index in [0.29, 0.717) is 0 Å². The van der Waals surface area contributed by atoms with E-state index in [0.717, 1.165) is 24.3 Å². The summed E-state index contributed by atoms with van der Waals surface area (Å²) in [5, 5.41) is 0. The zero-order valence-corrected chi connectivity index (χ0v) is 9.62. The lowest BCUT2D eigenvalue weighted by Gasteiger charge is -2.11. The normalized spacial score (nSPS) is 12.3. The first-order valence-corrected chi connectivity index (χ1v) is 5.14. The zero-order chi connectivity index (χ0) is 11.3. The van der Waals surface area contributed by atoms with Gasteiger partial charge in [-0.1, -0.05) is 6.07 Å². The van der Waals surface area contributed by atoms with E-state index in [2.05, 4.69) is 0 Å². The van der Waals surface area contributed by atoms with Gasteiger partial charge in [0.05, 0.1) is 14.2 Å². The van der Waals surface area contributed by atoms with E-state index in [1.165, 1.54) is 5.56 Å². The second-order valence-corrected chi connectivity index (χ2v) is 3.69. The summed E-state index contributed by atoms with van der Waals surface area (Å²) in [5.41, 5.74) is 6.90. The van der Waals surface area contributed by atoms with Crippen LogP contribution < -0.4 is 15.2 Å². The first kappa shape index (κ1) is 11.9. The van der Waals surface area contributed by atoms with Crippen LogP contribution in [0.4, 0.5) is 0 Å². The molecule has 0 bridgehead atoms. The molecule has 0 saturated carbocycles. The van der Waals surface area contributed by atoms with Crippen LogP contribution in [-0.2, 0) is 6.42 Å². The number of nitrogens with two attached hydrogens (primary N) is 1. The van der Waals surface area contributed by atoms with Crippen molar-refractivity contribution >= 4 is 0 Å². The Morgan fingerprint density at radius 3 is 2.53 bits per heavy atom. The van der Waals surface area contributed by atoms with Crippen LogP contribution in [0.25, 0.3) is 0 Å². The minimum Gasteiger partial charge on any atom is -0.497 e. The van der Waals surface area contributed by atoms with Crippen molar-refractivity contribution < 1.29 is 9.47 Å². The van der Waals surface area contributed by atoms with Crippen molar-refractivity contribution in [3.8, 4) is 11.5 Å². The van der Waals surface area contributed by atoms with Crippen LogP contribution in [0.2, 0.25) is 0 Å². The summed E-state index contributed by atoms with van der Waals surface area (Å²) in [6, 6.07) is 6.09. The molecule has 0 fully saturated rings. The van der Waals surface area contributed by atoms with Gasteiger partial charge in [-0.2, -0.15) is 0 Å². The minimum atomic E-state index is 0.219. The lowest BCUT2D eigenvalue weighted by atomic mass is 10.1. The van der Waals surface area contributed by atoms with E-state index >= 15 is 0 Å². The summed E-state index contributed by atoms with van der Waals surface area (Å²) >= 11 is 0. The van der Waals surface area contributed by atoms with Crippen LogP contribution in [0.1, 0.15) is 18.9 Å². The SMILES string of the molecule is COc1ccc(CC[C@H](C)N)c(OC)c1. The molecule has 1 aromatic carbocycles. The molecule has 0 aromatic heterocycles. The molecule has 1 rings (SSSR count). The average Bonchev–Trinajstić information content (AvgIpc) is 2.25. The monoisotopic (exact) mass is 209 g/mol. The van der Waals surface area contributed by atoms with Crippen molar-refractivity contribution in [1.29, 1.82) is 0 Å². The van der Waals surface area contributed by atoms with Gasteiger partial charge in [0, 0.05) is 12.1 Å². The van der Waals surface area contributed by atoms with Crippen molar-refractivity contribution in [1.82, 2.24) is 0 Å². The Bertz CT molecular complexity index is 310. The molecule has 1 aromatic rings. The van der Waals surface area contributed by atoms with Crippen molar-refractivity contribution in [2.24, 2.45) is 5.73 Å². The molecule has 15 heavy (non-hydrogen) atoms. The van der Waals surface area contributed by atoms with Gasteiger partial charge in [-0.25, -0.2) is 0 Å². The van der Waals surface area contributed by atoms with Crippen LogP contribution in [0.3, 0.4) is 0 Å². The van der Waals surface area contributed by atoms with Gasteiger partial charge in [0.1, 0.15) is 11.5 Å². The van der Waals surface area contributed by atoms with E-state index in [-0.39, 0.29) is 6.04 Å². The molecular formula is C12H19NO2. The first-order chi connectivity index (χ1) is 7.17. The molecule has 1 atom stereocenters. The average molecular weight is 209 g/mol. The summed E-state index contributed by atoms with van der Waals surface area (Å²) in [7, 11) is 3.32. The largest absolute Gasteiger partial charge is 0.497 e. The molecule has 3 heteroatoms. The van der Waals surface area contributed by atoms with E-state index in [9.17, 15) is 0 Å². The van der Waals surface area contributed by atoms with Crippen LogP contribution in [-0.4, -0.2) is 20.3 Å². The highest BCUT2D eigenvalue weighted by Crippen LogP contribution is 2.25. The summed E-state index contributed by atoms with van der Waals surface area (Å²) in [6.45, 7) is 2.01. The smallest absolute Gasteiger partial charge is 0.125 e. The van der Waals surface area contributed by atoms with Crippen molar-refractivity contribution in [3.63, 3.8) is 0 Å². The Labute approximate surface area is 91.2 Å². The maximum atomic E-state index is 5.72. The third kappa shape index (κ3) is 3.44. The molecular weight excluding hydrogens is 190 g/mol. The predicted octanol–water partition coefficient (Wildman–Crippen LogP) is 1.98. The second kappa shape index (κ2) is 5.61. The van der Waals surface area contributed by atoms with Gasteiger partial charge in [0.25, 0.3) is 0 Å². The quantitative estimate of drug-likeness (QED) is 0.806. The standard InChI is InChI=1S/C12H19NO2/c1-9(13)4-5-10-6-7-11(14-2)8-12(10)15-3/h6-9H,4-5,13H2,1-3H3/t9-/m0/s1. The maximum Gasteiger partial charge on any atom is 0.125 e.